The zero-order chi connectivity index (χ0) is 17.2. The van der Waals surface area contributed by atoms with Crippen LogP contribution in [0.3, 0.4) is 0 Å². The first-order chi connectivity index (χ1) is 12.3. The van der Waals surface area contributed by atoms with Crippen molar-refractivity contribution >= 4 is 16.6 Å². The maximum Gasteiger partial charge on any atom is 0.143 e. The van der Waals surface area contributed by atoms with Gasteiger partial charge in [0.05, 0.1) is 18.7 Å². The van der Waals surface area contributed by atoms with E-state index in [1.165, 1.54) is 5.56 Å². The minimum atomic E-state index is 0.285. The highest BCUT2D eigenvalue weighted by Gasteiger charge is 2.28. The quantitative estimate of drug-likeness (QED) is 0.712. The van der Waals surface area contributed by atoms with Crippen LogP contribution in [-0.4, -0.2) is 18.6 Å². The Morgan fingerprint density at radius 1 is 1.16 bits per heavy atom. The third-order valence-corrected chi connectivity index (χ3v) is 4.85. The lowest BCUT2D eigenvalue weighted by Crippen LogP contribution is -2.23. The van der Waals surface area contributed by atoms with Gasteiger partial charge in [-0.3, -0.25) is 0 Å². The number of nitrogens with zero attached hydrogens (tertiary/aromatic N) is 3. The molecular formula is C21H19N3O. The molecule has 1 atom stereocenters. The number of hydrogen-bond donors (Lipinski definition) is 0. The van der Waals surface area contributed by atoms with E-state index in [9.17, 15) is 5.26 Å². The fourth-order valence-electron chi connectivity index (χ4n) is 3.70. The molecule has 2 heterocycles. The highest BCUT2D eigenvalue weighted by Crippen LogP contribution is 2.40. The van der Waals surface area contributed by atoms with E-state index in [0.717, 1.165) is 41.7 Å². The van der Waals surface area contributed by atoms with Crippen molar-refractivity contribution in [2.45, 2.75) is 18.9 Å². The molecule has 1 fully saturated rings. The van der Waals surface area contributed by atoms with E-state index in [1.54, 1.807) is 7.11 Å². The van der Waals surface area contributed by atoms with Crippen LogP contribution in [0.1, 0.15) is 30.1 Å². The summed E-state index contributed by atoms with van der Waals surface area (Å²) in [6, 6.07) is 20.7. The van der Waals surface area contributed by atoms with Crippen molar-refractivity contribution in [3.63, 3.8) is 0 Å². The van der Waals surface area contributed by atoms with Crippen LogP contribution in [-0.2, 0) is 0 Å². The van der Waals surface area contributed by atoms with Crippen molar-refractivity contribution in [1.29, 1.82) is 5.26 Å². The summed E-state index contributed by atoms with van der Waals surface area (Å²) >= 11 is 0. The van der Waals surface area contributed by atoms with Gasteiger partial charge in [-0.1, -0.05) is 30.3 Å². The number of para-hydroxylation sites is 1. The molecule has 1 unspecified atom stereocenters. The van der Waals surface area contributed by atoms with Crippen LogP contribution >= 0.6 is 0 Å². The molecule has 0 aliphatic carbocycles. The number of rotatable bonds is 3. The van der Waals surface area contributed by atoms with Gasteiger partial charge in [-0.15, -0.1) is 0 Å². The zero-order valence-electron chi connectivity index (χ0n) is 14.1. The number of pyridine rings is 1. The third-order valence-electron chi connectivity index (χ3n) is 4.85. The second-order valence-corrected chi connectivity index (χ2v) is 6.28. The van der Waals surface area contributed by atoms with Crippen LogP contribution in [0.25, 0.3) is 10.9 Å². The molecule has 4 nitrogen and oxygen atoms in total. The Balaban J connectivity index is 1.83. The Kier molecular flexibility index (Phi) is 3.99. The number of ether oxygens (including phenoxy) is 1. The van der Waals surface area contributed by atoms with Crippen LogP contribution < -0.4 is 9.64 Å². The van der Waals surface area contributed by atoms with Crippen LogP contribution in [0, 0.1) is 11.3 Å². The van der Waals surface area contributed by atoms with Gasteiger partial charge in [0.25, 0.3) is 0 Å². The first-order valence-electron chi connectivity index (χ1n) is 8.50. The molecule has 1 saturated heterocycles. The lowest BCUT2D eigenvalue weighted by atomic mass is 10.0. The number of benzene rings is 2. The molecule has 4 heteroatoms. The van der Waals surface area contributed by atoms with Gasteiger partial charge < -0.3 is 9.64 Å². The van der Waals surface area contributed by atoms with Crippen LogP contribution in [0.15, 0.2) is 54.6 Å². The molecule has 124 valence electrons. The van der Waals surface area contributed by atoms with Crippen LogP contribution in [0.2, 0.25) is 0 Å². The fraction of sp³-hybridized carbons (Fsp3) is 0.238. The molecule has 1 aliphatic rings. The van der Waals surface area contributed by atoms with Gasteiger partial charge in [-0.25, -0.2) is 4.98 Å². The van der Waals surface area contributed by atoms with Crippen molar-refractivity contribution in [1.82, 2.24) is 4.98 Å². The summed E-state index contributed by atoms with van der Waals surface area (Å²) < 4.78 is 5.39. The number of methoxy groups -OCH3 is 1. The highest BCUT2D eigenvalue weighted by atomic mass is 16.5. The summed E-state index contributed by atoms with van der Waals surface area (Å²) in [6.07, 6.45) is 2.21. The van der Waals surface area contributed by atoms with Gasteiger partial charge in [0.15, 0.2) is 0 Å². The minimum absolute atomic E-state index is 0.285. The molecule has 0 saturated carbocycles. The predicted molar refractivity (Wildman–Crippen MR) is 98.8 cm³/mol. The van der Waals surface area contributed by atoms with E-state index in [-0.39, 0.29) is 6.04 Å². The zero-order valence-corrected chi connectivity index (χ0v) is 14.1. The van der Waals surface area contributed by atoms with Crippen molar-refractivity contribution < 1.29 is 4.74 Å². The van der Waals surface area contributed by atoms with E-state index >= 15 is 0 Å². The van der Waals surface area contributed by atoms with Gasteiger partial charge >= 0.3 is 0 Å². The number of fused-ring (bicyclic) bond motifs is 1. The first kappa shape index (κ1) is 15.5. The van der Waals surface area contributed by atoms with Crippen molar-refractivity contribution in [3.05, 3.63) is 65.9 Å². The van der Waals surface area contributed by atoms with Crippen LogP contribution in [0.5, 0.6) is 5.75 Å². The number of anilines is 1. The van der Waals surface area contributed by atoms with E-state index in [1.807, 2.05) is 36.4 Å². The van der Waals surface area contributed by atoms with Gasteiger partial charge in [-0.05, 0) is 42.7 Å². The summed E-state index contributed by atoms with van der Waals surface area (Å²) in [5.74, 6) is 0.877. The van der Waals surface area contributed by atoms with Gasteiger partial charge in [0, 0.05) is 17.6 Å². The molecule has 0 N–H and O–H groups in total. The Hall–Kier alpha value is -3.06. The third kappa shape index (κ3) is 2.78. The van der Waals surface area contributed by atoms with E-state index < -0.39 is 0 Å². The van der Waals surface area contributed by atoms with Gasteiger partial charge in [-0.2, -0.15) is 5.26 Å². The van der Waals surface area contributed by atoms with E-state index in [0.29, 0.717) is 5.69 Å². The second-order valence-electron chi connectivity index (χ2n) is 6.28. The van der Waals surface area contributed by atoms with Gasteiger partial charge in [0.1, 0.15) is 17.5 Å². The maximum absolute atomic E-state index is 9.37. The van der Waals surface area contributed by atoms with Crippen molar-refractivity contribution in [2.24, 2.45) is 0 Å². The maximum atomic E-state index is 9.37. The smallest absolute Gasteiger partial charge is 0.143 e. The molecule has 25 heavy (non-hydrogen) atoms. The number of hydrogen-bond acceptors (Lipinski definition) is 4. The summed E-state index contributed by atoms with van der Waals surface area (Å²) in [5.41, 5.74) is 3.67. The molecule has 3 aromatic rings. The molecule has 0 bridgehead atoms. The lowest BCUT2D eigenvalue weighted by molar-refractivity contribution is 0.414. The molecule has 0 spiro atoms. The Morgan fingerprint density at radius 2 is 2.04 bits per heavy atom. The Labute approximate surface area is 147 Å². The topological polar surface area (TPSA) is 49.1 Å². The molecule has 0 amide bonds. The minimum Gasteiger partial charge on any atom is -0.497 e. The summed E-state index contributed by atoms with van der Waals surface area (Å²) in [6.45, 7) is 0.973. The summed E-state index contributed by atoms with van der Waals surface area (Å²) in [7, 11) is 1.70. The molecule has 0 radical (unpaired) electrons. The monoisotopic (exact) mass is 329 g/mol. The number of nitriles is 1. The van der Waals surface area contributed by atoms with Crippen molar-refractivity contribution in [3.8, 4) is 11.8 Å². The average molecular weight is 329 g/mol. The lowest BCUT2D eigenvalue weighted by Gasteiger charge is -2.28. The van der Waals surface area contributed by atoms with Gasteiger partial charge in [0.2, 0.25) is 0 Å². The largest absolute Gasteiger partial charge is 0.497 e. The molecule has 1 aromatic heterocycles. The van der Waals surface area contributed by atoms with Crippen molar-refractivity contribution in [2.75, 3.05) is 18.6 Å². The van der Waals surface area contributed by atoms with Crippen LogP contribution in [0.4, 0.5) is 5.69 Å². The number of aromatic nitrogens is 1. The van der Waals surface area contributed by atoms with E-state index in [4.69, 9.17) is 4.74 Å². The summed E-state index contributed by atoms with van der Waals surface area (Å²) in [5, 5.41) is 10.5. The standard InChI is InChI=1S/C21H19N3O/c1-25-17-7-4-6-15(12-17)20-10-5-11-24(20)21-13-16(14-22)23-19-9-3-2-8-18(19)21/h2-4,6-9,12-13,20H,5,10-11H2,1H3. The Morgan fingerprint density at radius 3 is 2.88 bits per heavy atom. The average Bonchev–Trinajstić information content (AvgIpc) is 3.16. The molecule has 2 aromatic carbocycles. The summed E-state index contributed by atoms with van der Waals surface area (Å²) in [4.78, 5) is 6.85. The van der Waals surface area contributed by atoms with E-state index in [2.05, 4.69) is 34.2 Å². The Bertz CT molecular complexity index is 961. The first-order valence-corrected chi connectivity index (χ1v) is 8.50. The normalized spacial score (nSPS) is 16.8. The second kappa shape index (κ2) is 6.45. The SMILES string of the molecule is COc1cccc(C2CCCN2c2cc(C#N)nc3ccccc23)c1. The molecule has 1 aliphatic heterocycles. The highest BCUT2D eigenvalue weighted by molar-refractivity contribution is 5.92. The molecular weight excluding hydrogens is 310 g/mol. The predicted octanol–water partition coefficient (Wildman–Crippen LogP) is 4.46. The molecule has 4 rings (SSSR count). The fourth-order valence-corrected chi connectivity index (χ4v) is 3.70.